The number of sulfone groups is 1. The first-order valence-corrected chi connectivity index (χ1v) is 11.7. The Morgan fingerprint density at radius 1 is 1.29 bits per heavy atom. The van der Waals surface area contributed by atoms with Crippen molar-refractivity contribution in [2.24, 2.45) is 0 Å². The molecule has 2 aliphatic heterocycles. The van der Waals surface area contributed by atoms with Gasteiger partial charge in [0.05, 0.1) is 16.4 Å². The molecular formula is C19H22N2O5S2. The zero-order valence-corrected chi connectivity index (χ0v) is 17.2. The molecule has 0 aliphatic carbocycles. The number of hydrogen-bond donors (Lipinski definition) is 0. The third-order valence-corrected chi connectivity index (χ3v) is 7.49. The van der Waals surface area contributed by atoms with Crippen LogP contribution < -0.4 is 0 Å². The average Bonchev–Trinajstić information content (AvgIpc) is 3.14. The molecule has 1 aromatic rings. The second-order valence-electron chi connectivity index (χ2n) is 6.73. The van der Waals surface area contributed by atoms with Crippen molar-refractivity contribution in [1.82, 2.24) is 9.80 Å². The minimum Gasteiger partial charge on any atom is -0.339 e. The number of benzene rings is 1. The number of imide groups is 1. The Hall–Kier alpha value is -2.13. The van der Waals surface area contributed by atoms with Gasteiger partial charge in [-0.15, -0.1) is 0 Å². The first kappa shape index (κ1) is 20.6. The molecule has 28 heavy (non-hydrogen) atoms. The highest BCUT2D eigenvalue weighted by Gasteiger charge is 2.37. The van der Waals surface area contributed by atoms with Gasteiger partial charge in [-0.1, -0.05) is 30.3 Å². The molecule has 2 aliphatic rings. The molecule has 2 heterocycles. The lowest BCUT2D eigenvalue weighted by atomic mass is 10.2. The maximum Gasteiger partial charge on any atom is 0.293 e. The highest BCUT2D eigenvalue weighted by atomic mass is 32.2. The van der Waals surface area contributed by atoms with Crippen molar-refractivity contribution < 1.29 is 22.8 Å². The largest absolute Gasteiger partial charge is 0.339 e. The van der Waals surface area contributed by atoms with Gasteiger partial charge in [0, 0.05) is 25.6 Å². The van der Waals surface area contributed by atoms with Crippen LogP contribution in [0.15, 0.2) is 35.2 Å². The van der Waals surface area contributed by atoms with Crippen LogP contribution >= 0.6 is 11.8 Å². The second kappa shape index (κ2) is 8.48. The maximum absolute atomic E-state index is 12.6. The molecule has 0 bridgehead atoms. The molecule has 3 amide bonds. The molecule has 0 radical (unpaired) electrons. The molecule has 7 nitrogen and oxygen atoms in total. The van der Waals surface area contributed by atoms with E-state index < -0.39 is 21.0 Å². The van der Waals surface area contributed by atoms with E-state index in [1.165, 1.54) is 0 Å². The Morgan fingerprint density at radius 2 is 2.00 bits per heavy atom. The van der Waals surface area contributed by atoms with Gasteiger partial charge in [0.2, 0.25) is 5.91 Å². The fourth-order valence-corrected chi connectivity index (χ4v) is 6.00. The minimum atomic E-state index is -3.09. The normalized spacial score (nSPS) is 22.8. The molecule has 0 unspecified atom stereocenters. The lowest BCUT2D eigenvalue weighted by Crippen LogP contribution is -2.42. The molecular weight excluding hydrogens is 400 g/mol. The molecule has 9 heteroatoms. The van der Waals surface area contributed by atoms with Gasteiger partial charge in [0.1, 0.15) is 0 Å². The Kier molecular flexibility index (Phi) is 6.24. The van der Waals surface area contributed by atoms with Crippen LogP contribution in [0.5, 0.6) is 0 Å². The summed E-state index contributed by atoms with van der Waals surface area (Å²) < 4.78 is 23.4. The summed E-state index contributed by atoms with van der Waals surface area (Å²) in [5.41, 5.74) is 0.823. The van der Waals surface area contributed by atoms with Crippen LogP contribution in [-0.4, -0.2) is 65.9 Å². The SMILES string of the molecule is CCN(C(=O)CCN1C(=O)S/C(=C/c2ccccc2)C1=O)[C@@H]1CCS(=O)(=O)C1. The smallest absolute Gasteiger partial charge is 0.293 e. The molecule has 0 saturated carbocycles. The number of amides is 3. The van der Waals surface area contributed by atoms with E-state index in [1.54, 1.807) is 17.9 Å². The predicted molar refractivity (Wildman–Crippen MR) is 108 cm³/mol. The maximum atomic E-state index is 12.6. The number of hydrogen-bond acceptors (Lipinski definition) is 6. The van der Waals surface area contributed by atoms with E-state index in [-0.39, 0.29) is 36.4 Å². The number of nitrogens with zero attached hydrogens (tertiary/aromatic N) is 2. The fraction of sp³-hybridized carbons (Fsp3) is 0.421. The topological polar surface area (TPSA) is 91.8 Å². The van der Waals surface area contributed by atoms with Gasteiger partial charge in [-0.2, -0.15) is 0 Å². The van der Waals surface area contributed by atoms with Gasteiger partial charge in [0.25, 0.3) is 11.1 Å². The summed E-state index contributed by atoms with van der Waals surface area (Å²) in [5.74, 6) is -0.572. The summed E-state index contributed by atoms with van der Waals surface area (Å²) in [6.45, 7) is 2.19. The highest BCUT2D eigenvalue weighted by Crippen LogP contribution is 2.32. The summed E-state index contributed by atoms with van der Waals surface area (Å²) in [7, 11) is -3.09. The molecule has 1 atom stereocenters. The van der Waals surface area contributed by atoms with Gasteiger partial charge in [-0.3, -0.25) is 19.3 Å². The summed E-state index contributed by atoms with van der Waals surface area (Å²) in [6.07, 6.45) is 2.08. The average molecular weight is 423 g/mol. The van der Waals surface area contributed by atoms with E-state index in [1.807, 2.05) is 30.3 Å². The predicted octanol–water partition coefficient (Wildman–Crippen LogP) is 2.15. The van der Waals surface area contributed by atoms with Gasteiger partial charge >= 0.3 is 0 Å². The Labute approximate surface area is 168 Å². The Bertz CT molecular complexity index is 912. The van der Waals surface area contributed by atoms with Crippen molar-refractivity contribution in [2.45, 2.75) is 25.8 Å². The van der Waals surface area contributed by atoms with Gasteiger partial charge in [0.15, 0.2) is 9.84 Å². The molecule has 0 aromatic heterocycles. The molecule has 2 fully saturated rings. The molecule has 3 rings (SSSR count). The van der Waals surface area contributed by atoms with Crippen molar-refractivity contribution in [3.63, 3.8) is 0 Å². The van der Waals surface area contributed by atoms with Crippen molar-refractivity contribution >= 4 is 44.7 Å². The highest BCUT2D eigenvalue weighted by molar-refractivity contribution is 8.18. The number of carbonyl (C=O) groups excluding carboxylic acids is 3. The van der Waals surface area contributed by atoms with E-state index in [0.29, 0.717) is 17.9 Å². The summed E-state index contributed by atoms with van der Waals surface area (Å²) in [4.78, 5) is 40.3. The number of thioether (sulfide) groups is 1. The van der Waals surface area contributed by atoms with E-state index in [2.05, 4.69) is 0 Å². The first-order chi connectivity index (χ1) is 13.3. The fourth-order valence-electron chi connectivity index (χ4n) is 3.40. The standard InChI is InChI=1S/C19H22N2O5S2/c1-2-20(15-9-11-28(25,26)13-15)17(22)8-10-21-18(23)16(27-19(21)24)12-14-6-4-3-5-7-14/h3-7,12,15H,2,8-11,13H2,1H3/b16-12+/t15-/m1/s1. The number of rotatable bonds is 6. The second-order valence-corrected chi connectivity index (χ2v) is 9.95. The van der Waals surface area contributed by atoms with Crippen molar-refractivity contribution in [1.29, 1.82) is 0 Å². The van der Waals surface area contributed by atoms with Crippen LogP contribution in [0.1, 0.15) is 25.3 Å². The minimum absolute atomic E-state index is 0.00833. The van der Waals surface area contributed by atoms with E-state index in [0.717, 1.165) is 22.2 Å². The zero-order valence-electron chi connectivity index (χ0n) is 15.5. The molecule has 0 N–H and O–H groups in total. The van der Waals surface area contributed by atoms with Crippen molar-refractivity contribution in [3.8, 4) is 0 Å². The van der Waals surface area contributed by atoms with Gasteiger partial charge in [-0.05, 0) is 36.7 Å². The van der Waals surface area contributed by atoms with Gasteiger partial charge in [-0.25, -0.2) is 8.42 Å². The monoisotopic (exact) mass is 422 g/mol. The van der Waals surface area contributed by atoms with E-state index in [9.17, 15) is 22.8 Å². The quantitative estimate of drug-likeness (QED) is 0.653. The lowest BCUT2D eigenvalue weighted by Gasteiger charge is -2.27. The van der Waals surface area contributed by atoms with Crippen LogP contribution in [0, 0.1) is 0 Å². The summed E-state index contributed by atoms with van der Waals surface area (Å²) in [6, 6.07) is 8.91. The van der Waals surface area contributed by atoms with Crippen molar-refractivity contribution in [3.05, 3.63) is 40.8 Å². The van der Waals surface area contributed by atoms with Crippen LogP contribution in [0.25, 0.3) is 6.08 Å². The van der Waals surface area contributed by atoms with Crippen LogP contribution in [-0.2, 0) is 19.4 Å². The molecule has 1 aromatic carbocycles. The molecule has 0 spiro atoms. The molecule has 150 valence electrons. The number of carbonyl (C=O) groups is 3. The van der Waals surface area contributed by atoms with E-state index >= 15 is 0 Å². The van der Waals surface area contributed by atoms with Crippen LogP contribution in [0.2, 0.25) is 0 Å². The lowest BCUT2D eigenvalue weighted by molar-refractivity contribution is -0.133. The summed E-state index contributed by atoms with van der Waals surface area (Å²) in [5, 5.41) is -0.397. The molecule has 2 saturated heterocycles. The van der Waals surface area contributed by atoms with Crippen molar-refractivity contribution in [2.75, 3.05) is 24.6 Å². The summed E-state index contributed by atoms with van der Waals surface area (Å²) >= 11 is 0.862. The van der Waals surface area contributed by atoms with Gasteiger partial charge < -0.3 is 4.90 Å². The first-order valence-electron chi connectivity index (χ1n) is 9.11. The zero-order chi connectivity index (χ0) is 20.3. The third-order valence-electron chi connectivity index (χ3n) is 4.83. The Balaban J connectivity index is 1.62. The third kappa shape index (κ3) is 4.64. The Morgan fingerprint density at radius 3 is 2.61 bits per heavy atom. The van der Waals surface area contributed by atoms with Crippen LogP contribution in [0.3, 0.4) is 0 Å². The van der Waals surface area contributed by atoms with Crippen LogP contribution in [0.4, 0.5) is 4.79 Å². The van der Waals surface area contributed by atoms with E-state index in [4.69, 9.17) is 0 Å².